The van der Waals surface area contributed by atoms with Crippen molar-refractivity contribution in [2.75, 3.05) is 0 Å². The molecule has 0 radical (unpaired) electrons. The maximum atomic E-state index is 6.30. The number of alkyl halides is 1. The third-order valence-electron chi connectivity index (χ3n) is 2.76. The van der Waals surface area contributed by atoms with Crippen LogP contribution in [0.5, 0.6) is 0 Å². The summed E-state index contributed by atoms with van der Waals surface area (Å²) >= 11 is 15.7. The number of benzene rings is 1. The van der Waals surface area contributed by atoms with Gasteiger partial charge in [-0.05, 0) is 30.3 Å². The number of rotatable bonds is 2. The summed E-state index contributed by atoms with van der Waals surface area (Å²) in [5.74, 6) is 1.02. The van der Waals surface area contributed by atoms with Crippen LogP contribution in [0.3, 0.4) is 0 Å². The van der Waals surface area contributed by atoms with Gasteiger partial charge in [-0.2, -0.15) is 0 Å². The average Bonchev–Trinajstić information content (AvgIpc) is 2.77. The Kier molecular flexibility index (Phi) is 3.48. The van der Waals surface area contributed by atoms with Crippen LogP contribution in [0.1, 0.15) is 5.82 Å². The number of hydrogen-bond donors (Lipinski definition) is 0. The molecule has 0 aliphatic rings. The van der Waals surface area contributed by atoms with E-state index in [1.165, 1.54) is 0 Å². The van der Waals surface area contributed by atoms with Crippen molar-refractivity contribution in [3.05, 3.63) is 51.8 Å². The smallest absolute Gasteiger partial charge is 0.164 e. The molecule has 0 saturated heterocycles. The van der Waals surface area contributed by atoms with Gasteiger partial charge < -0.3 is 0 Å². The molecular weight excluding hydrogens is 349 g/mol. The summed E-state index contributed by atoms with van der Waals surface area (Å²) in [5, 5.41) is 0.616. The lowest BCUT2D eigenvalue weighted by atomic mass is 10.3. The van der Waals surface area contributed by atoms with E-state index in [1.807, 2.05) is 34.9 Å². The normalized spacial score (nSPS) is 11.1. The van der Waals surface area contributed by atoms with Crippen molar-refractivity contribution in [1.82, 2.24) is 14.5 Å². The Bertz CT molecular complexity index is 755. The molecule has 0 amide bonds. The van der Waals surface area contributed by atoms with Crippen molar-refractivity contribution in [2.24, 2.45) is 0 Å². The van der Waals surface area contributed by atoms with Gasteiger partial charge in [0.25, 0.3) is 0 Å². The molecule has 0 aliphatic heterocycles. The van der Waals surface area contributed by atoms with Crippen molar-refractivity contribution >= 4 is 50.3 Å². The highest BCUT2D eigenvalue weighted by Gasteiger charge is 2.14. The van der Waals surface area contributed by atoms with Gasteiger partial charge in [-0.25, -0.2) is 9.97 Å². The monoisotopic (exact) mass is 355 g/mol. The predicted molar refractivity (Wildman–Crippen MR) is 81.1 cm³/mol. The third kappa shape index (κ3) is 2.24. The summed E-state index contributed by atoms with van der Waals surface area (Å²) in [6, 6.07) is 9.43. The number of imidazole rings is 1. The molecule has 0 bridgehead atoms. The maximum absolute atomic E-state index is 6.30. The van der Waals surface area contributed by atoms with Gasteiger partial charge in [-0.1, -0.05) is 27.5 Å². The van der Waals surface area contributed by atoms with E-state index in [2.05, 4.69) is 25.9 Å². The highest BCUT2D eigenvalue weighted by Crippen LogP contribution is 2.28. The molecule has 3 rings (SSSR count). The average molecular weight is 357 g/mol. The molecule has 19 heavy (non-hydrogen) atoms. The van der Waals surface area contributed by atoms with Crippen LogP contribution < -0.4 is 0 Å². The molecule has 0 aliphatic carbocycles. The Balaban J connectivity index is 2.34. The molecule has 0 spiro atoms. The highest BCUT2D eigenvalue weighted by molar-refractivity contribution is 9.10. The Morgan fingerprint density at radius 3 is 2.84 bits per heavy atom. The zero-order valence-corrected chi connectivity index (χ0v) is 12.7. The lowest BCUT2D eigenvalue weighted by molar-refractivity contribution is 0.969. The van der Waals surface area contributed by atoms with Gasteiger partial charge in [0, 0.05) is 10.7 Å². The van der Waals surface area contributed by atoms with Crippen LogP contribution >= 0.6 is 39.1 Å². The largest absolute Gasteiger partial charge is 0.278 e. The standard InChI is InChI=1S/C13H8BrCl2N3/c14-8-3-4-11(9(16)6-8)19-12(7-15)18-10-2-1-5-17-13(10)19/h1-6H,7H2. The Morgan fingerprint density at radius 2 is 2.11 bits per heavy atom. The van der Waals surface area contributed by atoms with Gasteiger partial charge >= 0.3 is 0 Å². The molecule has 2 aromatic heterocycles. The minimum Gasteiger partial charge on any atom is -0.278 e. The Morgan fingerprint density at radius 1 is 1.26 bits per heavy atom. The first-order valence-electron chi connectivity index (χ1n) is 5.54. The molecule has 0 saturated carbocycles. The molecule has 3 nitrogen and oxygen atoms in total. The van der Waals surface area contributed by atoms with E-state index in [9.17, 15) is 0 Å². The highest BCUT2D eigenvalue weighted by atomic mass is 79.9. The second-order valence-corrected chi connectivity index (χ2v) is 5.53. The van der Waals surface area contributed by atoms with Crippen LogP contribution in [0.2, 0.25) is 5.02 Å². The van der Waals surface area contributed by atoms with Gasteiger partial charge in [0.1, 0.15) is 11.3 Å². The number of halogens is 3. The molecule has 0 fully saturated rings. The zero-order valence-electron chi connectivity index (χ0n) is 9.65. The predicted octanol–water partition coefficient (Wildman–Crippen LogP) is 4.58. The Hall–Kier alpha value is -1.10. The minimum atomic E-state index is 0.294. The van der Waals surface area contributed by atoms with Crippen LogP contribution in [0.4, 0.5) is 0 Å². The number of fused-ring (bicyclic) bond motifs is 1. The van der Waals surface area contributed by atoms with Crippen LogP contribution in [0, 0.1) is 0 Å². The SMILES string of the molecule is ClCc1nc2cccnc2n1-c1ccc(Br)cc1Cl. The summed E-state index contributed by atoms with van der Waals surface area (Å²) in [6.07, 6.45) is 1.73. The number of hydrogen-bond acceptors (Lipinski definition) is 2. The van der Waals surface area contributed by atoms with Crippen molar-refractivity contribution in [1.29, 1.82) is 0 Å². The Labute approximate surface area is 128 Å². The van der Waals surface area contributed by atoms with E-state index in [0.29, 0.717) is 10.9 Å². The summed E-state index contributed by atoms with van der Waals surface area (Å²) in [6.45, 7) is 0. The van der Waals surface area contributed by atoms with Crippen molar-refractivity contribution in [3.63, 3.8) is 0 Å². The molecular formula is C13H8BrCl2N3. The first-order chi connectivity index (χ1) is 9.20. The summed E-state index contributed by atoms with van der Waals surface area (Å²) in [4.78, 5) is 8.83. The topological polar surface area (TPSA) is 30.7 Å². The lowest BCUT2D eigenvalue weighted by Gasteiger charge is -2.09. The van der Waals surface area contributed by atoms with E-state index in [4.69, 9.17) is 23.2 Å². The van der Waals surface area contributed by atoms with Gasteiger partial charge in [-0.3, -0.25) is 4.57 Å². The van der Waals surface area contributed by atoms with E-state index in [1.54, 1.807) is 6.20 Å². The van der Waals surface area contributed by atoms with Gasteiger partial charge in [0.2, 0.25) is 0 Å². The van der Waals surface area contributed by atoms with Crippen LogP contribution in [0.15, 0.2) is 41.0 Å². The van der Waals surface area contributed by atoms with E-state index in [0.717, 1.165) is 27.1 Å². The molecule has 1 aromatic carbocycles. The zero-order chi connectivity index (χ0) is 13.4. The first kappa shape index (κ1) is 12.9. The second-order valence-electron chi connectivity index (χ2n) is 3.94. The molecule has 2 heterocycles. The van der Waals surface area contributed by atoms with Crippen LogP contribution in [-0.4, -0.2) is 14.5 Å². The molecule has 3 aromatic rings. The van der Waals surface area contributed by atoms with Crippen LogP contribution in [-0.2, 0) is 5.88 Å². The molecule has 0 atom stereocenters. The van der Waals surface area contributed by atoms with Gasteiger partial charge in [0.05, 0.1) is 16.6 Å². The fraction of sp³-hybridized carbons (Fsp3) is 0.0769. The fourth-order valence-electron chi connectivity index (χ4n) is 1.96. The molecule has 0 N–H and O–H groups in total. The van der Waals surface area contributed by atoms with Gasteiger partial charge in [0.15, 0.2) is 5.65 Å². The van der Waals surface area contributed by atoms with E-state index >= 15 is 0 Å². The lowest BCUT2D eigenvalue weighted by Crippen LogP contribution is -2.01. The van der Waals surface area contributed by atoms with E-state index in [-0.39, 0.29) is 0 Å². The van der Waals surface area contributed by atoms with Crippen molar-refractivity contribution < 1.29 is 0 Å². The first-order valence-corrected chi connectivity index (χ1v) is 7.25. The summed E-state index contributed by atoms with van der Waals surface area (Å²) in [7, 11) is 0. The third-order valence-corrected chi connectivity index (χ3v) is 3.79. The van der Waals surface area contributed by atoms with Crippen molar-refractivity contribution in [3.8, 4) is 5.69 Å². The number of aromatic nitrogens is 3. The number of pyridine rings is 1. The summed E-state index contributed by atoms with van der Waals surface area (Å²) < 4.78 is 2.81. The second kappa shape index (κ2) is 5.12. The maximum Gasteiger partial charge on any atom is 0.164 e. The minimum absolute atomic E-state index is 0.294. The number of nitrogens with zero attached hydrogens (tertiary/aromatic N) is 3. The van der Waals surface area contributed by atoms with E-state index < -0.39 is 0 Å². The van der Waals surface area contributed by atoms with Gasteiger partial charge in [-0.15, -0.1) is 11.6 Å². The fourth-order valence-corrected chi connectivity index (χ4v) is 2.90. The van der Waals surface area contributed by atoms with Crippen molar-refractivity contribution in [2.45, 2.75) is 5.88 Å². The molecule has 6 heteroatoms. The summed E-state index contributed by atoms with van der Waals surface area (Å²) in [5.41, 5.74) is 2.38. The molecule has 0 unspecified atom stereocenters. The molecule has 96 valence electrons. The quantitative estimate of drug-likeness (QED) is 0.629. The van der Waals surface area contributed by atoms with Crippen LogP contribution in [0.25, 0.3) is 16.9 Å².